The average Bonchev–Trinajstić information content (AvgIpc) is 2.25. The first-order chi connectivity index (χ1) is 7.95. The SMILES string of the molecule is Cc1ccc(C(C)(C)C)cc1CCNCCS. The molecule has 0 spiro atoms. The smallest absolute Gasteiger partial charge is 0.00398 e. The van der Waals surface area contributed by atoms with Gasteiger partial charge in [0.2, 0.25) is 0 Å². The van der Waals surface area contributed by atoms with E-state index in [2.05, 4.69) is 63.8 Å². The van der Waals surface area contributed by atoms with Crippen LogP contribution in [0.4, 0.5) is 0 Å². The molecule has 0 aromatic heterocycles. The number of hydrogen-bond donors (Lipinski definition) is 2. The Morgan fingerprint density at radius 3 is 2.47 bits per heavy atom. The minimum absolute atomic E-state index is 0.237. The zero-order valence-electron chi connectivity index (χ0n) is 11.5. The Hall–Kier alpha value is -0.470. The average molecular weight is 251 g/mol. The second-order valence-electron chi connectivity index (χ2n) is 5.61. The summed E-state index contributed by atoms with van der Waals surface area (Å²) >= 11 is 4.19. The van der Waals surface area contributed by atoms with E-state index in [1.165, 1.54) is 16.7 Å². The monoisotopic (exact) mass is 251 g/mol. The van der Waals surface area contributed by atoms with Crippen LogP contribution in [0.15, 0.2) is 18.2 Å². The Kier molecular flexibility index (Phi) is 5.54. The van der Waals surface area contributed by atoms with Crippen molar-refractivity contribution in [3.63, 3.8) is 0 Å². The lowest BCUT2D eigenvalue weighted by molar-refractivity contribution is 0.588. The zero-order chi connectivity index (χ0) is 12.9. The molecule has 1 nitrogen and oxygen atoms in total. The standard InChI is InChI=1S/C15H25NS/c1-12-5-6-14(15(2,3)4)11-13(12)7-8-16-9-10-17/h5-6,11,16-17H,7-10H2,1-4H3. The molecule has 0 saturated heterocycles. The van der Waals surface area contributed by atoms with Crippen molar-refractivity contribution in [1.29, 1.82) is 0 Å². The summed E-state index contributed by atoms with van der Waals surface area (Å²) in [7, 11) is 0. The Morgan fingerprint density at radius 2 is 1.88 bits per heavy atom. The van der Waals surface area contributed by atoms with Gasteiger partial charge in [0.1, 0.15) is 0 Å². The number of aryl methyl sites for hydroxylation is 1. The van der Waals surface area contributed by atoms with Gasteiger partial charge in [0.25, 0.3) is 0 Å². The van der Waals surface area contributed by atoms with Crippen LogP contribution in [0.25, 0.3) is 0 Å². The third kappa shape index (κ3) is 4.72. The summed E-state index contributed by atoms with van der Waals surface area (Å²) in [4.78, 5) is 0. The van der Waals surface area contributed by atoms with Crippen LogP contribution in [0.2, 0.25) is 0 Å². The summed E-state index contributed by atoms with van der Waals surface area (Å²) in [5, 5.41) is 3.39. The molecule has 17 heavy (non-hydrogen) atoms. The molecule has 96 valence electrons. The largest absolute Gasteiger partial charge is 0.316 e. The topological polar surface area (TPSA) is 12.0 Å². The summed E-state index contributed by atoms with van der Waals surface area (Å²) in [6, 6.07) is 6.85. The Labute approximate surface area is 111 Å². The van der Waals surface area contributed by atoms with Crippen molar-refractivity contribution in [2.45, 2.75) is 39.5 Å². The second kappa shape index (κ2) is 6.46. The molecule has 1 aromatic carbocycles. The fraction of sp³-hybridized carbons (Fsp3) is 0.600. The lowest BCUT2D eigenvalue weighted by atomic mass is 9.85. The lowest BCUT2D eigenvalue weighted by Crippen LogP contribution is -2.20. The Bertz CT molecular complexity index is 352. The van der Waals surface area contributed by atoms with Crippen LogP contribution in [0.3, 0.4) is 0 Å². The number of benzene rings is 1. The fourth-order valence-electron chi connectivity index (χ4n) is 1.83. The van der Waals surface area contributed by atoms with Crippen LogP contribution >= 0.6 is 12.6 Å². The summed E-state index contributed by atoms with van der Waals surface area (Å²) in [5.74, 6) is 0.904. The molecule has 1 rings (SSSR count). The van der Waals surface area contributed by atoms with Gasteiger partial charge in [0.05, 0.1) is 0 Å². The van der Waals surface area contributed by atoms with Crippen molar-refractivity contribution >= 4 is 12.6 Å². The van der Waals surface area contributed by atoms with Crippen LogP contribution in [0.5, 0.6) is 0 Å². The molecule has 0 radical (unpaired) electrons. The van der Waals surface area contributed by atoms with Gasteiger partial charge < -0.3 is 5.32 Å². The Morgan fingerprint density at radius 1 is 1.18 bits per heavy atom. The maximum Gasteiger partial charge on any atom is 0.00398 e. The molecule has 0 heterocycles. The van der Waals surface area contributed by atoms with Crippen molar-refractivity contribution < 1.29 is 0 Å². The minimum atomic E-state index is 0.237. The molecule has 0 unspecified atom stereocenters. The first-order valence-electron chi connectivity index (χ1n) is 6.36. The maximum absolute atomic E-state index is 4.19. The molecule has 1 aromatic rings. The van der Waals surface area contributed by atoms with E-state index in [-0.39, 0.29) is 5.41 Å². The third-order valence-electron chi connectivity index (χ3n) is 3.07. The van der Waals surface area contributed by atoms with Crippen LogP contribution < -0.4 is 5.32 Å². The number of thiol groups is 1. The highest BCUT2D eigenvalue weighted by Crippen LogP contribution is 2.24. The first kappa shape index (κ1) is 14.6. The minimum Gasteiger partial charge on any atom is -0.316 e. The highest BCUT2D eigenvalue weighted by molar-refractivity contribution is 7.80. The summed E-state index contributed by atoms with van der Waals surface area (Å²) in [5.41, 5.74) is 4.52. The molecular weight excluding hydrogens is 226 g/mol. The quantitative estimate of drug-likeness (QED) is 0.604. The summed E-state index contributed by atoms with van der Waals surface area (Å²) in [6.45, 7) is 11.0. The fourth-order valence-corrected chi connectivity index (χ4v) is 1.99. The molecule has 0 bridgehead atoms. The van der Waals surface area contributed by atoms with Gasteiger partial charge in [-0.15, -0.1) is 0 Å². The predicted molar refractivity (Wildman–Crippen MR) is 80.3 cm³/mol. The maximum atomic E-state index is 4.19. The molecular formula is C15H25NS. The van der Waals surface area contributed by atoms with Crippen molar-refractivity contribution in [2.24, 2.45) is 0 Å². The second-order valence-corrected chi connectivity index (χ2v) is 6.06. The Balaban J connectivity index is 2.70. The highest BCUT2D eigenvalue weighted by atomic mass is 32.1. The van der Waals surface area contributed by atoms with E-state index in [1.807, 2.05) is 0 Å². The van der Waals surface area contributed by atoms with E-state index < -0.39 is 0 Å². The summed E-state index contributed by atoms with van der Waals surface area (Å²) in [6.07, 6.45) is 1.10. The van der Waals surface area contributed by atoms with Gasteiger partial charge >= 0.3 is 0 Å². The van der Waals surface area contributed by atoms with Crippen molar-refractivity contribution in [3.8, 4) is 0 Å². The van der Waals surface area contributed by atoms with E-state index in [9.17, 15) is 0 Å². The van der Waals surface area contributed by atoms with Gasteiger partial charge in [-0.05, 0) is 42.0 Å². The first-order valence-corrected chi connectivity index (χ1v) is 7.00. The van der Waals surface area contributed by atoms with E-state index in [0.29, 0.717) is 0 Å². The van der Waals surface area contributed by atoms with Gasteiger partial charge in [-0.3, -0.25) is 0 Å². The lowest BCUT2D eigenvalue weighted by Gasteiger charge is -2.21. The third-order valence-corrected chi connectivity index (χ3v) is 3.30. The zero-order valence-corrected chi connectivity index (χ0v) is 12.4. The molecule has 0 aliphatic heterocycles. The van der Waals surface area contributed by atoms with Crippen LogP contribution in [0.1, 0.15) is 37.5 Å². The molecule has 0 fully saturated rings. The summed E-state index contributed by atoms with van der Waals surface area (Å²) < 4.78 is 0. The number of nitrogens with one attached hydrogen (secondary N) is 1. The molecule has 0 atom stereocenters. The van der Waals surface area contributed by atoms with Gasteiger partial charge in [0.15, 0.2) is 0 Å². The van der Waals surface area contributed by atoms with Crippen molar-refractivity contribution in [3.05, 3.63) is 34.9 Å². The number of rotatable bonds is 5. The van der Waals surface area contributed by atoms with Crippen LogP contribution in [-0.2, 0) is 11.8 Å². The van der Waals surface area contributed by atoms with E-state index in [0.717, 1.165) is 25.3 Å². The molecule has 0 aliphatic rings. The van der Waals surface area contributed by atoms with Gasteiger partial charge in [0, 0.05) is 12.3 Å². The highest BCUT2D eigenvalue weighted by Gasteiger charge is 2.14. The molecule has 1 N–H and O–H groups in total. The normalized spacial score (nSPS) is 11.8. The van der Waals surface area contributed by atoms with Crippen LogP contribution in [0, 0.1) is 6.92 Å². The van der Waals surface area contributed by atoms with Crippen molar-refractivity contribution in [2.75, 3.05) is 18.8 Å². The van der Waals surface area contributed by atoms with Gasteiger partial charge in [-0.2, -0.15) is 12.6 Å². The van der Waals surface area contributed by atoms with E-state index in [1.54, 1.807) is 0 Å². The molecule has 2 heteroatoms. The van der Waals surface area contributed by atoms with Crippen LogP contribution in [-0.4, -0.2) is 18.8 Å². The van der Waals surface area contributed by atoms with Crippen molar-refractivity contribution in [1.82, 2.24) is 5.32 Å². The number of hydrogen-bond acceptors (Lipinski definition) is 2. The molecule has 0 aliphatic carbocycles. The van der Waals surface area contributed by atoms with E-state index in [4.69, 9.17) is 0 Å². The van der Waals surface area contributed by atoms with Gasteiger partial charge in [-0.1, -0.05) is 39.0 Å². The van der Waals surface area contributed by atoms with Gasteiger partial charge in [-0.25, -0.2) is 0 Å². The van der Waals surface area contributed by atoms with E-state index >= 15 is 0 Å². The molecule has 0 saturated carbocycles. The predicted octanol–water partition coefficient (Wildman–Crippen LogP) is 3.35. The molecule has 0 amide bonds.